The van der Waals surface area contributed by atoms with E-state index in [-0.39, 0.29) is 5.97 Å². The molecular formula is C6H5IO2. The van der Waals surface area contributed by atoms with Gasteiger partial charge in [-0.15, -0.1) is 0 Å². The number of ether oxygens (including phenoxy) is 1. The fourth-order valence-electron chi connectivity index (χ4n) is 0.575. The van der Waals surface area contributed by atoms with E-state index in [4.69, 9.17) is 4.74 Å². The lowest BCUT2D eigenvalue weighted by atomic mass is 10.3. The van der Waals surface area contributed by atoms with Gasteiger partial charge >= 0.3 is 5.97 Å². The van der Waals surface area contributed by atoms with Crippen LogP contribution in [0.4, 0.5) is 0 Å². The smallest absolute Gasteiger partial charge is 0.336 e. The van der Waals surface area contributed by atoms with Crippen LogP contribution in [0.5, 0.6) is 0 Å². The Labute approximate surface area is 66.7 Å². The predicted molar refractivity (Wildman–Crippen MR) is 42.0 cm³/mol. The Morgan fingerprint density at radius 3 is 2.67 bits per heavy atom. The molecule has 0 unspecified atom stereocenters. The summed E-state index contributed by atoms with van der Waals surface area (Å²) in [6.07, 6.45) is 1.48. The number of rotatable bonds is 0. The molecule has 0 saturated heterocycles. The number of halogens is 1. The SMILES string of the molecule is CC1=CC(=O)O/C1=C\I. The van der Waals surface area contributed by atoms with Gasteiger partial charge in [-0.05, 0) is 35.1 Å². The minimum Gasteiger partial charge on any atom is -0.423 e. The molecule has 0 aromatic heterocycles. The molecule has 0 amide bonds. The summed E-state index contributed by atoms with van der Waals surface area (Å²) in [6.45, 7) is 1.84. The summed E-state index contributed by atoms with van der Waals surface area (Å²) in [5, 5.41) is 0. The molecule has 48 valence electrons. The van der Waals surface area contributed by atoms with Crippen molar-refractivity contribution in [3.63, 3.8) is 0 Å². The highest BCUT2D eigenvalue weighted by Gasteiger charge is 2.14. The summed E-state index contributed by atoms with van der Waals surface area (Å²) in [5.74, 6) is 0.399. The molecule has 1 heterocycles. The molecule has 0 fully saturated rings. The summed E-state index contributed by atoms with van der Waals surface area (Å²) in [7, 11) is 0. The second kappa shape index (κ2) is 2.51. The van der Waals surface area contributed by atoms with Crippen LogP contribution in [0.1, 0.15) is 6.92 Å². The molecular weight excluding hydrogens is 231 g/mol. The summed E-state index contributed by atoms with van der Waals surface area (Å²) in [6, 6.07) is 0. The van der Waals surface area contributed by atoms with E-state index >= 15 is 0 Å². The number of hydrogen-bond acceptors (Lipinski definition) is 2. The molecule has 0 saturated carbocycles. The van der Waals surface area contributed by atoms with E-state index in [1.165, 1.54) is 6.08 Å². The minimum absolute atomic E-state index is 0.268. The van der Waals surface area contributed by atoms with Crippen LogP contribution < -0.4 is 0 Å². The number of cyclic esters (lactones) is 1. The minimum atomic E-state index is -0.268. The molecule has 0 N–H and O–H groups in total. The van der Waals surface area contributed by atoms with Crippen LogP contribution in [0.3, 0.4) is 0 Å². The van der Waals surface area contributed by atoms with Crippen LogP contribution >= 0.6 is 22.6 Å². The summed E-state index contributed by atoms with van der Waals surface area (Å²) < 4.78 is 6.49. The largest absolute Gasteiger partial charge is 0.423 e. The van der Waals surface area contributed by atoms with Gasteiger partial charge in [0.2, 0.25) is 0 Å². The lowest BCUT2D eigenvalue weighted by Gasteiger charge is -1.93. The third-order valence-corrected chi connectivity index (χ3v) is 1.60. The first-order chi connectivity index (χ1) is 4.24. The molecule has 3 heteroatoms. The molecule has 0 radical (unpaired) electrons. The van der Waals surface area contributed by atoms with Crippen molar-refractivity contribution in [1.29, 1.82) is 0 Å². The van der Waals surface area contributed by atoms with Gasteiger partial charge in [-0.25, -0.2) is 4.79 Å². The molecule has 0 aliphatic carbocycles. The van der Waals surface area contributed by atoms with Gasteiger partial charge in [0.05, 0.1) is 0 Å². The van der Waals surface area contributed by atoms with Crippen molar-refractivity contribution in [3.8, 4) is 0 Å². The number of esters is 1. The maximum Gasteiger partial charge on any atom is 0.336 e. The third kappa shape index (κ3) is 1.32. The van der Waals surface area contributed by atoms with Gasteiger partial charge < -0.3 is 4.74 Å². The monoisotopic (exact) mass is 236 g/mol. The van der Waals surface area contributed by atoms with Crippen molar-refractivity contribution < 1.29 is 9.53 Å². The molecule has 0 atom stereocenters. The van der Waals surface area contributed by atoms with E-state index in [0.717, 1.165) is 5.57 Å². The van der Waals surface area contributed by atoms with E-state index in [1.54, 1.807) is 4.08 Å². The van der Waals surface area contributed by atoms with Crippen LogP contribution in [-0.4, -0.2) is 5.97 Å². The Hall–Kier alpha value is -0.320. The zero-order valence-corrected chi connectivity index (χ0v) is 7.01. The van der Waals surface area contributed by atoms with Crippen molar-refractivity contribution in [3.05, 3.63) is 21.5 Å². The number of allylic oxidation sites excluding steroid dienone is 1. The quantitative estimate of drug-likeness (QED) is 0.473. The highest BCUT2D eigenvalue weighted by molar-refractivity contribution is 14.1. The van der Waals surface area contributed by atoms with Gasteiger partial charge in [0.25, 0.3) is 0 Å². The van der Waals surface area contributed by atoms with Crippen molar-refractivity contribution in [2.75, 3.05) is 0 Å². The standard InChI is InChI=1S/C6H5IO2/c1-4-2-6(8)9-5(4)3-7/h2-3H,1H3/b5-3-. The summed E-state index contributed by atoms with van der Waals surface area (Å²) in [4.78, 5) is 10.5. The lowest BCUT2D eigenvalue weighted by molar-refractivity contribution is -0.132. The number of carbonyl (C=O) groups excluding carboxylic acids is 1. The van der Waals surface area contributed by atoms with E-state index in [9.17, 15) is 4.79 Å². The topological polar surface area (TPSA) is 26.3 Å². The first-order valence-corrected chi connectivity index (χ1v) is 3.69. The van der Waals surface area contributed by atoms with Crippen LogP contribution in [0.25, 0.3) is 0 Å². The molecule has 0 aromatic rings. The Morgan fingerprint density at radius 2 is 2.44 bits per heavy atom. The highest BCUT2D eigenvalue weighted by atomic mass is 127. The van der Waals surface area contributed by atoms with E-state index < -0.39 is 0 Å². The Bertz CT molecular complexity index is 203. The van der Waals surface area contributed by atoms with Crippen LogP contribution in [0.2, 0.25) is 0 Å². The molecule has 1 aliphatic heterocycles. The third-order valence-electron chi connectivity index (χ3n) is 1.03. The van der Waals surface area contributed by atoms with E-state index in [1.807, 2.05) is 29.5 Å². The second-order valence-corrected chi connectivity index (χ2v) is 2.34. The van der Waals surface area contributed by atoms with Gasteiger partial charge in [-0.1, -0.05) is 0 Å². The first kappa shape index (κ1) is 6.80. The normalized spacial score (nSPS) is 22.2. The van der Waals surface area contributed by atoms with Crippen molar-refractivity contribution in [2.24, 2.45) is 0 Å². The number of hydrogen-bond donors (Lipinski definition) is 0. The van der Waals surface area contributed by atoms with Crippen molar-refractivity contribution >= 4 is 28.6 Å². The van der Waals surface area contributed by atoms with Gasteiger partial charge in [0, 0.05) is 10.2 Å². The maximum atomic E-state index is 10.5. The Morgan fingerprint density at radius 1 is 1.78 bits per heavy atom. The first-order valence-electron chi connectivity index (χ1n) is 2.45. The molecule has 0 aromatic carbocycles. The Kier molecular flexibility index (Phi) is 1.90. The van der Waals surface area contributed by atoms with Crippen LogP contribution in [0.15, 0.2) is 21.5 Å². The fraction of sp³-hybridized carbons (Fsp3) is 0.167. The lowest BCUT2D eigenvalue weighted by Crippen LogP contribution is -1.89. The predicted octanol–water partition coefficient (Wildman–Crippen LogP) is 1.77. The highest BCUT2D eigenvalue weighted by Crippen LogP contribution is 2.19. The van der Waals surface area contributed by atoms with Gasteiger partial charge in [-0.3, -0.25) is 0 Å². The van der Waals surface area contributed by atoms with E-state index in [0.29, 0.717) is 5.76 Å². The van der Waals surface area contributed by atoms with Gasteiger partial charge in [0.1, 0.15) is 5.76 Å². The molecule has 1 aliphatic rings. The molecule has 9 heavy (non-hydrogen) atoms. The molecule has 0 bridgehead atoms. The van der Waals surface area contributed by atoms with Crippen molar-refractivity contribution in [2.45, 2.75) is 6.92 Å². The molecule has 1 rings (SSSR count). The van der Waals surface area contributed by atoms with Gasteiger partial charge in [0.15, 0.2) is 0 Å². The summed E-state index contributed by atoms with van der Waals surface area (Å²) in [5.41, 5.74) is 0.898. The number of carbonyl (C=O) groups is 1. The van der Waals surface area contributed by atoms with Crippen LogP contribution in [-0.2, 0) is 9.53 Å². The van der Waals surface area contributed by atoms with Gasteiger partial charge in [-0.2, -0.15) is 0 Å². The van der Waals surface area contributed by atoms with E-state index in [2.05, 4.69) is 0 Å². The van der Waals surface area contributed by atoms with Crippen LogP contribution in [0, 0.1) is 0 Å². The zero-order chi connectivity index (χ0) is 6.85. The van der Waals surface area contributed by atoms with Crippen molar-refractivity contribution in [1.82, 2.24) is 0 Å². The fourth-order valence-corrected chi connectivity index (χ4v) is 1.19. The Balaban J connectivity index is 2.89. The average Bonchev–Trinajstić information content (AvgIpc) is 2.10. The maximum absolute atomic E-state index is 10.5. The second-order valence-electron chi connectivity index (χ2n) is 1.72. The average molecular weight is 236 g/mol. The molecule has 0 spiro atoms. The summed E-state index contributed by atoms with van der Waals surface area (Å²) >= 11 is 2.03. The zero-order valence-electron chi connectivity index (χ0n) is 4.85. The molecule has 2 nitrogen and oxygen atoms in total.